The molecule has 0 aliphatic carbocycles. The molecule has 2 unspecified atom stereocenters. The lowest BCUT2D eigenvalue weighted by Crippen LogP contribution is -2.50. The minimum Gasteiger partial charge on any atom is -0.477 e. The molecule has 0 aliphatic rings. The number of nitrogens with zero attached hydrogens (tertiary/aromatic N) is 1. The van der Waals surface area contributed by atoms with Gasteiger partial charge in [-0.2, -0.15) is 0 Å². The first-order valence-corrected chi connectivity index (χ1v) is 23.7. The van der Waals surface area contributed by atoms with Crippen LogP contribution in [0.15, 0.2) is 12.2 Å². The van der Waals surface area contributed by atoms with E-state index in [4.69, 9.17) is 14.2 Å². The monoisotopic (exact) mass is 795 g/mol. The van der Waals surface area contributed by atoms with Crippen molar-refractivity contribution >= 4 is 17.9 Å². The molecule has 0 aromatic rings. The predicted octanol–water partition coefficient (Wildman–Crippen LogP) is 13.1. The Hall–Kier alpha value is -1.93. The SMILES string of the molecule is CCCCCC/C=C\CCCCCCCC(=O)OC(COCCC(C(=O)O)[N+](C)(C)C)COC(=O)CCCCCCCCCCCCCCCCCCCCC. The molecule has 0 aromatic heterocycles. The first kappa shape index (κ1) is 54.1. The van der Waals surface area contributed by atoms with Crippen molar-refractivity contribution in [1.82, 2.24) is 0 Å². The highest BCUT2D eigenvalue weighted by molar-refractivity contribution is 5.72. The summed E-state index contributed by atoms with van der Waals surface area (Å²) in [5, 5.41) is 9.62. The zero-order valence-corrected chi connectivity index (χ0v) is 37.6. The number of carbonyl (C=O) groups is 3. The predicted molar refractivity (Wildman–Crippen MR) is 234 cm³/mol. The molecule has 0 aromatic carbocycles. The minimum absolute atomic E-state index is 0.0481. The van der Waals surface area contributed by atoms with Gasteiger partial charge in [0, 0.05) is 19.3 Å². The van der Waals surface area contributed by atoms with Gasteiger partial charge in [0.15, 0.2) is 12.1 Å². The molecule has 56 heavy (non-hydrogen) atoms. The fourth-order valence-electron chi connectivity index (χ4n) is 7.21. The summed E-state index contributed by atoms with van der Waals surface area (Å²) in [6.07, 6.45) is 42.5. The number of rotatable bonds is 43. The van der Waals surface area contributed by atoms with Gasteiger partial charge in [0.05, 0.1) is 34.4 Å². The van der Waals surface area contributed by atoms with E-state index in [1.165, 1.54) is 141 Å². The summed E-state index contributed by atoms with van der Waals surface area (Å²) in [7, 11) is 5.53. The molecule has 0 fully saturated rings. The van der Waals surface area contributed by atoms with Crippen molar-refractivity contribution in [2.24, 2.45) is 0 Å². The van der Waals surface area contributed by atoms with E-state index in [2.05, 4.69) is 26.0 Å². The molecule has 0 saturated heterocycles. The van der Waals surface area contributed by atoms with Crippen molar-refractivity contribution in [3.63, 3.8) is 0 Å². The number of quaternary nitrogens is 1. The van der Waals surface area contributed by atoms with Crippen molar-refractivity contribution in [2.45, 2.75) is 238 Å². The van der Waals surface area contributed by atoms with Crippen LogP contribution in [0, 0.1) is 0 Å². The molecule has 1 N–H and O–H groups in total. The Kier molecular flexibility index (Phi) is 38.5. The molecule has 0 spiro atoms. The molecular weight excluding hydrogens is 703 g/mol. The Morgan fingerprint density at radius 1 is 0.518 bits per heavy atom. The first-order valence-electron chi connectivity index (χ1n) is 23.7. The lowest BCUT2D eigenvalue weighted by molar-refractivity contribution is -0.887. The van der Waals surface area contributed by atoms with E-state index in [0.717, 1.165) is 51.4 Å². The highest BCUT2D eigenvalue weighted by Crippen LogP contribution is 2.16. The number of unbranched alkanes of at least 4 members (excludes halogenated alkanes) is 27. The van der Waals surface area contributed by atoms with Crippen LogP contribution >= 0.6 is 0 Å². The summed E-state index contributed by atoms with van der Waals surface area (Å²) in [4.78, 5) is 37.0. The van der Waals surface area contributed by atoms with E-state index >= 15 is 0 Å². The molecule has 2 atom stereocenters. The molecule has 330 valence electrons. The number of esters is 2. The zero-order chi connectivity index (χ0) is 41.4. The van der Waals surface area contributed by atoms with Crippen LogP contribution in [-0.2, 0) is 28.6 Å². The number of likely N-dealkylation sites (N-methyl/N-ethyl adjacent to an activating group) is 1. The van der Waals surface area contributed by atoms with Crippen LogP contribution in [0.25, 0.3) is 0 Å². The van der Waals surface area contributed by atoms with Crippen molar-refractivity contribution in [2.75, 3.05) is 41.0 Å². The van der Waals surface area contributed by atoms with Gasteiger partial charge in [0.25, 0.3) is 0 Å². The maximum Gasteiger partial charge on any atom is 0.362 e. The first-order chi connectivity index (χ1) is 27.1. The Labute approximate surface area is 346 Å². The maximum absolute atomic E-state index is 12.7. The largest absolute Gasteiger partial charge is 0.477 e. The van der Waals surface area contributed by atoms with Gasteiger partial charge >= 0.3 is 17.9 Å². The van der Waals surface area contributed by atoms with E-state index in [1.54, 1.807) is 0 Å². The number of carboxylic acids is 1. The number of allylic oxidation sites excluding steroid dienone is 2. The number of aliphatic carboxylic acids is 1. The fraction of sp³-hybridized carbons (Fsp3) is 0.896. The molecule has 0 radical (unpaired) electrons. The van der Waals surface area contributed by atoms with Gasteiger partial charge in [-0.05, 0) is 38.5 Å². The standard InChI is InChI=1S/C48H91NO7/c1-6-8-10-12-14-16-18-20-21-22-23-24-25-27-28-30-32-34-36-38-46(50)55-43-44(42-54-41-40-45(48(52)53)49(3,4)5)56-47(51)39-37-35-33-31-29-26-19-17-15-13-11-9-7-2/h17,19,44-45H,6-16,18,20-43H2,1-5H3/p+1/b19-17-. The van der Waals surface area contributed by atoms with Gasteiger partial charge in [-0.1, -0.05) is 180 Å². The summed E-state index contributed by atoms with van der Waals surface area (Å²) in [5.41, 5.74) is 0. The topological polar surface area (TPSA) is 99.1 Å². The molecular formula is C48H92NO7+. The minimum atomic E-state index is -0.873. The molecule has 0 heterocycles. The second kappa shape index (κ2) is 39.9. The van der Waals surface area contributed by atoms with E-state index in [0.29, 0.717) is 19.3 Å². The van der Waals surface area contributed by atoms with E-state index in [9.17, 15) is 19.5 Å². The average Bonchev–Trinajstić information content (AvgIpc) is 3.15. The van der Waals surface area contributed by atoms with Crippen LogP contribution in [0.4, 0.5) is 0 Å². The summed E-state index contributed by atoms with van der Waals surface area (Å²) in [6.45, 7) is 4.75. The third-order valence-electron chi connectivity index (χ3n) is 10.9. The smallest absolute Gasteiger partial charge is 0.362 e. The van der Waals surface area contributed by atoms with Crippen LogP contribution in [-0.4, -0.2) is 80.6 Å². The molecule has 0 aliphatic heterocycles. The van der Waals surface area contributed by atoms with E-state index < -0.39 is 18.1 Å². The van der Waals surface area contributed by atoms with Gasteiger partial charge in [-0.15, -0.1) is 0 Å². The summed E-state index contributed by atoms with van der Waals surface area (Å²) >= 11 is 0. The van der Waals surface area contributed by atoms with Crippen LogP contribution in [0.5, 0.6) is 0 Å². The van der Waals surface area contributed by atoms with Gasteiger partial charge in [0.2, 0.25) is 0 Å². The van der Waals surface area contributed by atoms with E-state index in [-0.39, 0.29) is 36.2 Å². The molecule has 0 saturated carbocycles. The third-order valence-corrected chi connectivity index (χ3v) is 10.9. The Bertz CT molecular complexity index is 931. The Morgan fingerprint density at radius 3 is 1.30 bits per heavy atom. The number of carboxylic acid groups (broad SMARTS) is 1. The van der Waals surface area contributed by atoms with Gasteiger partial charge in [0.1, 0.15) is 6.61 Å². The number of hydrogen-bond donors (Lipinski definition) is 1. The molecule has 0 bridgehead atoms. The molecule has 8 nitrogen and oxygen atoms in total. The van der Waals surface area contributed by atoms with Crippen LogP contribution in [0.1, 0.15) is 226 Å². The Morgan fingerprint density at radius 2 is 0.893 bits per heavy atom. The summed E-state index contributed by atoms with van der Waals surface area (Å²) < 4.78 is 17.3. The van der Waals surface area contributed by atoms with Crippen molar-refractivity contribution < 1.29 is 38.2 Å². The normalized spacial score (nSPS) is 12.9. The molecule has 8 heteroatoms. The second-order valence-electron chi connectivity index (χ2n) is 17.4. The van der Waals surface area contributed by atoms with Crippen LogP contribution in [0.2, 0.25) is 0 Å². The number of hydrogen-bond acceptors (Lipinski definition) is 6. The number of ether oxygens (including phenoxy) is 3. The average molecular weight is 795 g/mol. The van der Waals surface area contributed by atoms with Crippen molar-refractivity contribution in [3.8, 4) is 0 Å². The third kappa shape index (κ3) is 37.6. The van der Waals surface area contributed by atoms with Crippen LogP contribution in [0.3, 0.4) is 0 Å². The maximum atomic E-state index is 12.7. The lowest BCUT2D eigenvalue weighted by Gasteiger charge is -2.31. The highest BCUT2D eigenvalue weighted by Gasteiger charge is 2.31. The molecule has 0 rings (SSSR count). The quantitative estimate of drug-likeness (QED) is 0.0284. The van der Waals surface area contributed by atoms with E-state index in [1.807, 2.05) is 21.1 Å². The Balaban J connectivity index is 4.23. The highest BCUT2D eigenvalue weighted by atomic mass is 16.6. The summed E-state index contributed by atoms with van der Waals surface area (Å²) in [5.74, 6) is -1.46. The second-order valence-corrected chi connectivity index (χ2v) is 17.4. The zero-order valence-electron chi connectivity index (χ0n) is 37.6. The number of carbonyl (C=O) groups excluding carboxylic acids is 2. The van der Waals surface area contributed by atoms with Crippen LogP contribution < -0.4 is 0 Å². The fourth-order valence-corrected chi connectivity index (χ4v) is 7.21. The van der Waals surface area contributed by atoms with Crippen molar-refractivity contribution in [3.05, 3.63) is 12.2 Å². The van der Waals surface area contributed by atoms with Crippen molar-refractivity contribution in [1.29, 1.82) is 0 Å². The summed E-state index contributed by atoms with van der Waals surface area (Å²) in [6, 6.07) is -0.611. The lowest BCUT2D eigenvalue weighted by atomic mass is 10.0. The van der Waals surface area contributed by atoms with Gasteiger partial charge in [-0.25, -0.2) is 4.79 Å². The van der Waals surface area contributed by atoms with Gasteiger partial charge in [-0.3, -0.25) is 9.59 Å². The van der Waals surface area contributed by atoms with Gasteiger partial charge < -0.3 is 23.8 Å². The molecule has 0 amide bonds.